The van der Waals surface area contributed by atoms with Gasteiger partial charge in [0.05, 0.1) is 23.4 Å². The molecule has 2 amide bonds. The van der Waals surface area contributed by atoms with Gasteiger partial charge in [-0.2, -0.15) is 0 Å². The minimum absolute atomic E-state index is 0.0784. The van der Waals surface area contributed by atoms with Crippen molar-refractivity contribution in [2.45, 2.75) is 71.3 Å². The molecule has 0 saturated heterocycles. The van der Waals surface area contributed by atoms with E-state index in [1.807, 2.05) is 0 Å². The van der Waals surface area contributed by atoms with Crippen molar-refractivity contribution in [2.24, 2.45) is 0 Å². The maximum atomic E-state index is 12.4. The molecule has 2 heterocycles. The Balaban J connectivity index is 1.19. The monoisotopic (exact) mass is 495 g/mol. The third-order valence-corrected chi connectivity index (χ3v) is 6.35. The molecule has 0 radical (unpaired) electrons. The van der Waals surface area contributed by atoms with Gasteiger partial charge in [-0.05, 0) is 38.0 Å². The molecule has 0 bridgehead atoms. The van der Waals surface area contributed by atoms with Crippen molar-refractivity contribution < 1.29 is 19.1 Å². The molecule has 194 valence electrons. The second kappa shape index (κ2) is 14.2. The number of fused-ring (bicyclic) bond motifs is 1. The third-order valence-electron chi connectivity index (χ3n) is 6.35. The molecule has 1 aliphatic heterocycles. The first-order valence-corrected chi connectivity index (χ1v) is 13.1. The molecule has 0 spiro atoms. The van der Waals surface area contributed by atoms with E-state index in [0.717, 1.165) is 44.3 Å². The van der Waals surface area contributed by atoms with Crippen LogP contribution in [0.5, 0.6) is 0 Å². The van der Waals surface area contributed by atoms with Gasteiger partial charge >= 0.3 is 5.97 Å². The van der Waals surface area contributed by atoms with Crippen molar-refractivity contribution >= 4 is 23.5 Å². The topological polar surface area (TPSA) is 97.7 Å². The summed E-state index contributed by atoms with van der Waals surface area (Å²) in [6.07, 6.45) is 11.6. The number of pyridine rings is 1. The Morgan fingerprint density at radius 1 is 0.806 bits per heavy atom. The molecule has 1 N–H and O–H groups in total. The van der Waals surface area contributed by atoms with Gasteiger partial charge < -0.3 is 14.6 Å². The zero-order valence-electron chi connectivity index (χ0n) is 21.2. The van der Waals surface area contributed by atoms with Crippen LogP contribution in [0.3, 0.4) is 0 Å². The molecule has 0 atom stereocenters. The quantitative estimate of drug-likeness (QED) is 0.207. The number of rotatable bonds is 16. The number of anilines is 1. The Morgan fingerprint density at radius 2 is 1.39 bits per heavy atom. The number of carbonyl (C=O) groups excluding carboxylic acids is 3. The van der Waals surface area contributed by atoms with Crippen LogP contribution in [0.15, 0.2) is 47.4 Å². The van der Waals surface area contributed by atoms with Gasteiger partial charge in [-0.1, -0.05) is 57.1 Å². The Hall–Kier alpha value is -3.42. The standard InChI is InChI=1S/C28H37N3O5/c1-2-36-26(33)21-30-20-22(16-17-25(30)32)29-18-12-8-6-4-3-5-7-9-13-19-31-27(34)23-14-10-11-15-24(23)28(31)35/h10-11,14-17,20,29H,2-9,12-13,18-19,21H2,1H3. The number of nitrogens with zero attached hydrogens (tertiary/aromatic N) is 2. The van der Waals surface area contributed by atoms with Crippen molar-refractivity contribution in [3.63, 3.8) is 0 Å². The molecule has 0 fully saturated rings. The van der Waals surface area contributed by atoms with E-state index in [2.05, 4.69) is 5.32 Å². The Bertz CT molecular complexity index is 1060. The summed E-state index contributed by atoms with van der Waals surface area (Å²) in [5, 5.41) is 3.31. The van der Waals surface area contributed by atoms with Crippen molar-refractivity contribution in [1.82, 2.24) is 9.47 Å². The van der Waals surface area contributed by atoms with E-state index in [0.29, 0.717) is 24.3 Å². The summed E-state index contributed by atoms with van der Waals surface area (Å²) in [4.78, 5) is 49.6. The number of imide groups is 1. The van der Waals surface area contributed by atoms with Gasteiger partial charge in [-0.25, -0.2) is 0 Å². The number of nitrogens with one attached hydrogen (secondary N) is 1. The number of aromatic nitrogens is 1. The minimum atomic E-state index is -0.417. The van der Waals surface area contributed by atoms with Crippen LogP contribution in [0.25, 0.3) is 0 Å². The SMILES string of the molecule is CCOC(=O)Cn1cc(NCCCCCCCCCCCN2C(=O)c3ccccc3C2=O)ccc1=O. The lowest BCUT2D eigenvalue weighted by atomic mass is 10.1. The predicted octanol–water partition coefficient (Wildman–Crippen LogP) is 4.63. The zero-order valence-corrected chi connectivity index (χ0v) is 21.2. The normalized spacial score (nSPS) is 12.6. The first-order chi connectivity index (χ1) is 17.5. The van der Waals surface area contributed by atoms with Crippen LogP contribution in [0.4, 0.5) is 5.69 Å². The van der Waals surface area contributed by atoms with Gasteiger partial charge in [0.15, 0.2) is 0 Å². The number of esters is 1. The summed E-state index contributed by atoms with van der Waals surface area (Å²) in [7, 11) is 0. The predicted molar refractivity (Wildman–Crippen MR) is 139 cm³/mol. The van der Waals surface area contributed by atoms with Crippen LogP contribution in [-0.4, -0.2) is 46.9 Å². The van der Waals surface area contributed by atoms with Crippen LogP contribution in [-0.2, 0) is 16.1 Å². The minimum Gasteiger partial charge on any atom is -0.465 e. The highest BCUT2D eigenvalue weighted by Gasteiger charge is 2.34. The van der Waals surface area contributed by atoms with Crippen molar-refractivity contribution in [3.8, 4) is 0 Å². The second-order valence-corrected chi connectivity index (χ2v) is 9.11. The lowest BCUT2D eigenvalue weighted by molar-refractivity contribution is -0.143. The second-order valence-electron chi connectivity index (χ2n) is 9.11. The molecule has 2 aromatic rings. The molecule has 8 nitrogen and oxygen atoms in total. The highest BCUT2D eigenvalue weighted by molar-refractivity contribution is 6.21. The Morgan fingerprint density at radius 3 is 2.00 bits per heavy atom. The molecule has 1 aromatic heterocycles. The largest absolute Gasteiger partial charge is 0.465 e. The maximum Gasteiger partial charge on any atom is 0.326 e. The number of amides is 2. The summed E-state index contributed by atoms with van der Waals surface area (Å²) >= 11 is 0. The smallest absolute Gasteiger partial charge is 0.326 e. The summed E-state index contributed by atoms with van der Waals surface area (Å²) in [6, 6.07) is 10.2. The average molecular weight is 496 g/mol. The lowest BCUT2D eigenvalue weighted by Gasteiger charge is -2.13. The van der Waals surface area contributed by atoms with E-state index in [9.17, 15) is 19.2 Å². The van der Waals surface area contributed by atoms with Crippen molar-refractivity contribution in [3.05, 3.63) is 64.1 Å². The molecule has 0 aliphatic carbocycles. The fourth-order valence-electron chi connectivity index (χ4n) is 4.41. The summed E-state index contributed by atoms with van der Waals surface area (Å²) in [5.41, 5.74) is 1.64. The Labute approximate surface area is 212 Å². The highest BCUT2D eigenvalue weighted by Crippen LogP contribution is 2.23. The van der Waals surface area contributed by atoms with Crippen LogP contribution in [0, 0.1) is 0 Å². The third kappa shape index (κ3) is 7.80. The van der Waals surface area contributed by atoms with Gasteiger partial charge in [0, 0.05) is 25.4 Å². The van der Waals surface area contributed by atoms with Crippen LogP contribution >= 0.6 is 0 Å². The summed E-state index contributed by atoms with van der Waals surface area (Å²) < 4.78 is 6.27. The van der Waals surface area contributed by atoms with Crippen molar-refractivity contribution in [2.75, 3.05) is 25.0 Å². The van der Waals surface area contributed by atoms with E-state index >= 15 is 0 Å². The van der Waals surface area contributed by atoms with Gasteiger partial charge in [-0.3, -0.25) is 24.1 Å². The van der Waals surface area contributed by atoms with Crippen LogP contribution in [0.2, 0.25) is 0 Å². The maximum absolute atomic E-state index is 12.4. The fourth-order valence-corrected chi connectivity index (χ4v) is 4.41. The van der Waals surface area contributed by atoms with Gasteiger partial charge in [0.1, 0.15) is 6.54 Å². The first kappa shape index (κ1) is 27.2. The molecular formula is C28H37N3O5. The van der Waals surface area contributed by atoms with E-state index in [1.54, 1.807) is 43.5 Å². The van der Waals surface area contributed by atoms with E-state index < -0.39 is 5.97 Å². The molecular weight excluding hydrogens is 458 g/mol. The van der Waals surface area contributed by atoms with Crippen molar-refractivity contribution in [1.29, 1.82) is 0 Å². The molecule has 0 saturated carbocycles. The molecule has 1 aromatic carbocycles. The van der Waals surface area contributed by atoms with E-state index in [1.165, 1.54) is 41.2 Å². The number of benzene rings is 1. The summed E-state index contributed by atoms with van der Waals surface area (Å²) in [6.45, 7) is 3.27. The first-order valence-electron chi connectivity index (χ1n) is 13.1. The molecule has 36 heavy (non-hydrogen) atoms. The number of ether oxygens (including phenoxy) is 1. The summed E-state index contributed by atoms with van der Waals surface area (Å²) in [5.74, 6) is -0.744. The van der Waals surface area contributed by atoms with E-state index in [-0.39, 0.29) is 23.9 Å². The van der Waals surface area contributed by atoms with E-state index in [4.69, 9.17) is 4.74 Å². The fraction of sp³-hybridized carbons (Fsp3) is 0.500. The molecule has 1 aliphatic rings. The van der Waals surface area contributed by atoms with Gasteiger partial charge in [0.25, 0.3) is 17.4 Å². The Kier molecular flexibility index (Phi) is 10.7. The number of carbonyl (C=O) groups is 3. The average Bonchev–Trinajstić information content (AvgIpc) is 3.11. The lowest BCUT2D eigenvalue weighted by Crippen LogP contribution is -2.30. The highest BCUT2D eigenvalue weighted by atomic mass is 16.5. The van der Waals surface area contributed by atoms with Crippen LogP contribution in [0.1, 0.15) is 85.4 Å². The molecule has 8 heteroatoms. The molecule has 0 unspecified atom stereocenters. The van der Waals surface area contributed by atoms with Gasteiger partial charge in [-0.15, -0.1) is 0 Å². The number of hydrogen-bond acceptors (Lipinski definition) is 6. The number of unbranched alkanes of at least 4 members (excludes halogenated alkanes) is 8. The van der Waals surface area contributed by atoms with Gasteiger partial charge in [0.2, 0.25) is 0 Å². The zero-order chi connectivity index (χ0) is 25.8. The number of hydrogen-bond donors (Lipinski definition) is 1. The van der Waals surface area contributed by atoms with Crippen LogP contribution < -0.4 is 10.9 Å². The molecule has 3 rings (SSSR count).